The Labute approximate surface area is 189 Å². The number of fused-ring (bicyclic) bond motifs is 1. The number of nitrogens with zero attached hydrogens (tertiary/aromatic N) is 1. The predicted octanol–water partition coefficient (Wildman–Crippen LogP) is 7.19. The average Bonchev–Trinajstić information content (AvgIpc) is 3.23. The summed E-state index contributed by atoms with van der Waals surface area (Å²) in [6, 6.07) is 22.4. The van der Waals surface area contributed by atoms with Crippen molar-refractivity contribution in [2.75, 3.05) is 6.61 Å². The highest BCUT2D eigenvalue weighted by atomic mass is 79.9. The van der Waals surface area contributed by atoms with E-state index in [0.717, 1.165) is 28.6 Å². The van der Waals surface area contributed by atoms with Crippen LogP contribution in [0.25, 0.3) is 22.7 Å². The number of oxazole rings is 1. The van der Waals surface area contributed by atoms with Gasteiger partial charge in [-0.15, -0.1) is 0 Å². The first kappa shape index (κ1) is 21.1. The van der Waals surface area contributed by atoms with Crippen LogP contribution in [0.3, 0.4) is 0 Å². The minimum atomic E-state index is -0.158. The molecule has 0 atom stereocenters. The van der Waals surface area contributed by atoms with Crippen molar-refractivity contribution in [1.29, 1.82) is 0 Å². The normalized spacial score (nSPS) is 11.6. The molecule has 0 saturated carbocycles. The molecule has 1 aromatic heterocycles. The number of halogens is 1. The standard InChI is InChI=1S/C26H22BrNO3/c1-2-3-16-30-21-14-10-19(11-15-21)25(29)22(17-18-8-12-20(27)13-9-18)26-28-23-6-4-5-7-24(23)31-26/h4-15,17H,2-3,16H2,1H3/b22-17+. The summed E-state index contributed by atoms with van der Waals surface area (Å²) in [5.41, 5.74) is 3.19. The quantitative estimate of drug-likeness (QED) is 0.153. The van der Waals surface area contributed by atoms with Gasteiger partial charge in [0.2, 0.25) is 5.89 Å². The van der Waals surface area contributed by atoms with Crippen molar-refractivity contribution in [2.45, 2.75) is 19.8 Å². The number of carbonyl (C=O) groups excluding carboxylic acids is 1. The Hall–Kier alpha value is -3.18. The molecule has 0 N–H and O–H groups in total. The molecule has 0 radical (unpaired) electrons. The van der Waals surface area contributed by atoms with Crippen molar-refractivity contribution in [1.82, 2.24) is 4.98 Å². The van der Waals surface area contributed by atoms with Crippen molar-refractivity contribution in [3.05, 3.63) is 94.3 Å². The predicted molar refractivity (Wildman–Crippen MR) is 127 cm³/mol. The number of carbonyl (C=O) groups is 1. The summed E-state index contributed by atoms with van der Waals surface area (Å²) in [6.07, 6.45) is 3.88. The first-order valence-electron chi connectivity index (χ1n) is 10.2. The van der Waals surface area contributed by atoms with Crippen molar-refractivity contribution >= 4 is 44.5 Å². The Balaban J connectivity index is 1.69. The van der Waals surface area contributed by atoms with E-state index in [-0.39, 0.29) is 5.78 Å². The number of rotatable bonds is 8. The van der Waals surface area contributed by atoms with Gasteiger partial charge in [-0.25, -0.2) is 4.98 Å². The lowest BCUT2D eigenvalue weighted by Gasteiger charge is -2.07. The maximum absolute atomic E-state index is 13.4. The first-order chi connectivity index (χ1) is 15.1. The molecule has 4 aromatic rings. The van der Waals surface area contributed by atoms with Gasteiger partial charge in [0.25, 0.3) is 0 Å². The van der Waals surface area contributed by atoms with Crippen molar-refractivity contribution in [3.63, 3.8) is 0 Å². The second-order valence-electron chi connectivity index (χ2n) is 7.15. The van der Waals surface area contributed by atoms with E-state index >= 15 is 0 Å². The highest BCUT2D eigenvalue weighted by molar-refractivity contribution is 9.10. The molecule has 0 saturated heterocycles. The van der Waals surface area contributed by atoms with Crippen LogP contribution in [0.4, 0.5) is 0 Å². The molecule has 0 unspecified atom stereocenters. The molecule has 1 heterocycles. The molecule has 5 heteroatoms. The minimum Gasteiger partial charge on any atom is -0.494 e. The molecule has 3 aromatic carbocycles. The zero-order chi connectivity index (χ0) is 21.6. The molecule has 156 valence electrons. The fourth-order valence-corrected chi connectivity index (χ4v) is 3.39. The molecule has 31 heavy (non-hydrogen) atoms. The van der Waals surface area contributed by atoms with Crippen LogP contribution in [0.1, 0.15) is 41.6 Å². The number of hydrogen-bond donors (Lipinski definition) is 0. The van der Waals surface area contributed by atoms with Gasteiger partial charge in [0.1, 0.15) is 11.3 Å². The third-order valence-electron chi connectivity index (χ3n) is 4.83. The minimum absolute atomic E-state index is 0.158. The molecule has 0 amide bonds. The fourth-order valence-electron chi connectivity index (χ4n) is 3.13. The molecule has 0 aliphatic carbocycles. The number of ketones is 1. The van der Waals surface area contributed by atoms with Crippen LogP contribution in [-0.4, -0.2) is 17.4 Å². The number of hydrogen-bond acceptors (Lipinski definition) is 4. The lowest BCUT2D eigenvalue weighted by molar-refractivity contribution is 0.105. The first-order valence-corrected chi connectivity index (χ1v) is 11.0. The van der Waals surface area contributed by atoms with E-state index in [1.807, 2.05) is 66.7 Å². The Morgan fingerprint density at radius 1 is 1.03 bits per heavy atom. The maximum atomic E-state index is 13.4. The second kappa shape index (κ2) is 9.75. The van der Waals surface area contributed by atoms with Crippen molar-refractivity contribution < 1.29 is 13.9 Å². The van der Waals surface area contributed by atoms with Crippen molar-refractivity contribution in [2.24, 2.45) is 0 Å². The number of benzene rings is 3. The van der Waals surface area contributed by atoms with Gasteiger partial charge >= 0.3 is 0 Å². The van der Waals surface area contributed by atoms with E-state index in [0.29, 0.717) is 34.7 Å². The summed E-state index contributed by atoms with van der Waals surface area (Å²) < 4.78 is 12.6. The number of unbranched alkanes of at least 4 members (excludes halogenated alkanes) is 1. The SMILES string of the molecule is CCCCOc1ccc(C(=O)/C(=C\c2ccc(Br)cc2)c2nc3ccccc3o2)cc1. The zero-order valence-corrected chi connectivity index (χ0v) is 18.8. The number of ether oxygens (including phenoxy) is 1. The van der Waals surface area contributed by atoms with Crippen LogP contribution < -0.4 is 4.74 Å². The largest absolute Gasteiger partial charge is 0.494 e. The Kier molecular flexibility index (Phi) is 6.63. The monoisotopic (exact) mass is 475 g/mol. The molecule has 4 rings (SSSR count). The molecule has 0 aliphatic heterocycles. The smallest absolute Gasteiger partial charge is 0.231 e. The number of allylic oxidation sites excluding steroid dienone is 1. The molecule has 0 aliphatic rings. The number of para-hydroxylation sites is 2. The van der Waals surface area contributed by atoms with Crippen molar-refractivity contribution in [3.8, 4) is 5.75 Å². The molecule has 0 bridgehead atoms. The highest BCUT2D eigenvalue weighted by Crippen LogP contribution is 2.27. The van der Waals surface area contributed by atoms with Crippen LogP contribution in [0.5, 0.6) is 5.75 Å². The Morgan fingerprint density at radius 2 is 1.77 bits per heavy atom. The highest BCUT2D eigenvalue weighted by Gasteiger charge is 2.20. The summed E-state index contributed by atoms with van der Waals surface area (Å²) >= 11 is 3.44. The summed E-state index contributed by atoms with van der Waals surface area (Å²) in [5.74, 6) is 0.900. The Morgan fingerprint density at radius 3 is 2.48 bits per heavy atom. The average molecular weight is 476 g/mol. The third kappa shape index (κ3) is 5.12. The topological polar surface area (TPSA) is 52.3 Å². The maximum Gasteiger partial charge on any atom is 0.231 e. The Bertz CT molecular complexity index is 1170. The summed E-state index contributed by atoms with van der Waals surface area (Å²) in [5, 5.41) is 0. The van der Waals surface area contributed by atoms with Gasteiger partial charge < -0.3 is 9.15 Å². The summed E-state index contributed by atoms with van der Waals surface area (Å²) in [7, 11) is 0. The number of Topliss-reactive ketones (excluding diaryl/α,β-unsaturated/α-hetero) is 1. The van der Waals surface area contributed by atoms with E-state index in [1.165, 1.54) is 0 Å². The molecule has 0 fully saturated rings. The van der Waals surface area contributed by atoms with Crippen LogP contribution in [0, 0.1) is 0 Å². The molecule has 0 spiro atoms. The second-order valence-corrected chi connectivity index (χ2v) is 8.07. The van der Waals surface area contributed by atoms with Gasteiger partial charge in [0, 0.05) is 10.0 Å². The van der Waals surface area contributed by atoms with Crippen LogP contribution in [-0.2, 0) is 0 Å². The van der Waals surface area contributed by atoms with E-state index in [9.17, 15) is 4.79 Å². The van der Waals surface area contributed by atoms with Crippen LogP contribution >= 0.6 is 15.9 Å². The van der Waals surface area contributed by atoms with Gasteiger partial charge in [-0.05, 0) is 66.6 Å². The number of aromatic nitrogens is 1. The van der Waals surface area contributed by atoms with E-state index in [4.69, 9.17) is 9.15 Å². The molecular formula is C26H22BrNO3. The van der Waals surface area contributed by atoms with Crippen LogP contribution in [0.2, 0.25) is 0 Å². The lowest BCUT2D eigenvalue weighted by atomic mass is 10.0. The summed E-state index contributed by atoms with van der Waals surface area (Å²) in [4.78, 5) is 18.0. The van der Waals surface area contributed by atoms with Gasteiger partial charge in [-0.1, -0.05) is 53.5 Å². The van der Waals surface area contributed by atoms with Crippen LogP contribution in [0.15, 0.2) is 81.7 Å². The van der Waals surface area contributed by atoms with E-state index in [1.54, 1.807) is 12.1 Å². The van der Waals surface area contributed by atoms with Gasteiger partial charge in [0.05, 0.1) is 12.2 Å². The van der Waals surface area contributed by atoms with Gasteiger partial charge in [-0.3, -0.25) is 4.79 Å². The van der Waals surface area contributed by atoms with E-state index in [2.05, 4.69) is 27.8 Å². The molecule has 4 nitrogen and oxygen atoms in total. The third-order valence-corrected chi connectivity index (χ3v) is 5.36. The fraction of sp³-hybridized carbons (Fsp3) is 0.154. The summed E-state index contributed by atoms with van der Waals surface area (Å²) in [6.45, 7) is 2.79. The van der Waals surface area contributed by atoms with E-state index < -0.39 is 0 Å². The van der Waals surface area contributed by atoms with Gasteiger partial charge in [-0.2, -0.15) is 0 Å². The van der Waals surface area contributed by atoms with Gasteiger partial charge in [0.15, 0.2) is 11.4 Å². The molecular weight excluding hydrogens is 454 g/mol. The lowest BCUT2D eigenvalue weighted by Crippen LogP contribution is -2.04. The zero-order valence-electron chi connectivity index (χ0n) is 17.2.